The summed E-state index contributed by atoms with van der Waals surface area (Å²) in [5.41, 5.74) is -1.84. The van der Waals surface area contributed by atoms with Crippen molar-refractivity contribution in [2.75, 3.05) is 6.61 Å². The van der Waals surface area contributed by atoms with Gasteiger partial charge in [0.15, 0.2) is 18.0 Å². The highest BCUT2D eigenvalue weighted by Crippen LogP contribution is 2.70. The van der Waals surface area contributed by atoms with Gasteiger partial charge in [-0.15, -0.1) is 0 Å². The average Bonchev–Trinajstić information content (AvgIpc) is 3.21. The maximum Gasteiger partial charge on any atom is 0.306 e. The molecule has 0 aromatic carbocycles. The van der Waals surface area contributed by atoms with E-state index in [4.69, 9.17) is 9.47 Å². The molecule has 3 saturated carbocycles. The van der Waals surface area contributed by atoms with Crippen LogP contribution in [-0.2, 0) is 28.7 Å². The fourth-order valence-electron chi connectivity index (χ4n) is 9.60. The highest BCUT2D eigenvalue weighted by Gasteiger charge is 2.73. The summed E-state index contributed by atoms with van der Waals surface area (Å²) in [6.07, 6.45) is 16.6. The lowest BCUT2D eigenvalue weighted by Gasteiger charge is -2.61. The Labute approximate surface area is 278 Å². The van der Waals surface area contributed by atoms with Gasteiger partial charge in [0.1, 0.15) is 0 Å². The summed E-state index contributed by atoms with van der Waals surface area (Å²) < 4.78 is 11.8. The number of allylic oxidation sites excluding steroid dienone is 4. The number of esters is 2. The molecule has 1 N–H and O–H groups in total. The number of Topliss-reactive ketones (excluding diaryl/α,β-unsaturated/α-hetero) is 1. The average molecular weight is 692 g/mol. The molecule has 0 unspecified atom stereocenters. The van der Waals surface area contributed by atoms with Gasteiger partial charge in [-0.25, -0.2) is 0 Å². The molecule has 0 radical (unpaired) electrons. The van der Waals surface area contributed by atoms with Crippen molar-refractivity contribution in [2.24, 2.45) is 34.5 Å². The second kappa shape index (κ2) is 15.0. The zero-order valence-corrected chi connectivity index (χ0v) is 29.7. The largest absolute Gasteiger partial charge is 0.457 e. The fourth-order valence-corrected chi connectivity index (χ4v) is 10.6. The molecule has 0 heterocycles. The number of aliphatic hydroxyl groups is 1. The number of halogens is 1. The third-order valence-corrected chi connectivity index (χ3v) is 12.8. The molecule has 0 bridgehead atoms. The van der Waals surface area contributed by atoms with E-state index >= 15 is 0 Å². The SMILES string of the molecule is CCCCCCCCCCCC(=O)O[C@@]1(C(=O)COC(=O)CC)[C@H](C)C[C@H]2[C@H]3[C@H]([C@@H](O)C[C@@]21C)[C@@]1(C)C=CC(=O)C=C1C[C@H]3Br. The first-order valence-corrected chi connectivity index (χ1v) is 18.4. The van der Waals surface area contributed by atoms with Crippen molar-refractivity contribution in [1.82, 2.24) is 0 Å². The van der Waals surface area contributed by atoms with Gasteiger partial charge in [0.2, 0.25) is 5.78 Å². The van der Waals surface area contributed by atoms with Crippen molar-refractivity contribution < 1.29 is 33.8 Å². The Hall–Kier alpha value is -1.80. The van der Waals surface area contributed by atoms with E-state index in [1.165, 1.54) is 32.1 Å². The van der Waals surface area contributed by atoms with Crippen LogP contribution < -0.4 is 0 Å². The van der Waals surface area contributed by atoms with E-state index in [-0.39, 0.29) is 53.5 Å². The van der Waals surface area contributed by atoms with Crippen LogP contribution in [0.1, 0.15) is 125 Å². The molecular weight excluding hydrogens is 636 g/mol. The molecule has 0 aliphatic heterocycles. The van der Waals surface area contributed by atoms with Gasteiger partial charge < -0.3 is 14.6 Å². The molecule has 0 aromatic heterocycles. The first-order valence-electron chi connectivity index (χ1n) is 17.5. The molecule has 4 rings (SSSR count). The van der Waals surface area contributed by atoms with Gasteiger partial charge in [-0.2, -0.15) is 0 Å². The first kappa shape index (κ1) is 36.0. The van der Waals surface area contributed by atoms with Gasteiger partial charge in [0.25, 0.3) is 0 Å². The molecule has 4 aliphatic rings. The second-order valence-electron chi connectivity index (χ2n) is 14.7. The summed E-state index contributed by atoms with van der Waals surface area (Å²) in [5, 5.41) is 12.0. The molecule has 4 aliphatic carbocycles. The Bertz CT molecular complexity index is 1180. The van der Waals surface area contributed by atoms with E-state index in [1.807, 2.05) is 19.9 Å². The van der Waals surface area contributed by atoms with Gasteiger partial charge in [-0.05, 0) is 49.7 Å². The number of aliphatic hydroxyl groups excluding tert-OH is 1. The summed E-state index contributed by atoms with van der Waals surface area (Å²) in [6.45, 7) is 9.51. The van der Waals surface area contributed by atoms with Crippen LogP contribution in [0.2, 0.25) is 0 Å². The third kappa shape index (κ3) is 6.93. The monoisotopic (exact) mass is 690 g/mol. The van der Waals surface area contributed by atoms with Crippen molar-refractivity contribution in [3.8, 4) is 0 Å². The Morgan fingerprint density at radius 3 is 2.29 bits per heavy atom. The van der Waals surface area contributed by atoms with Crippen molar-refractivity contribution >= 4 is 39.4 Å². The van der Waals surface area contributed by atoms with Gasteiger partial charge >= 0.3 is 11.9 Å². The highest BCUT2D eigenvalue weighted by molar-refractivity contribution is 9.09. The molecule has 0 aromatic rings. The van der Waals surface area contributed by atoms with E-state index in [0.717, 1.165) is 24.8 Å². The molecule has 0 saturated heterocycles. The lowest BCUT2D eigenvalue weighted by Crippen LogP contribution is -2.65. The fraction of sp³-hybridized carbons (Fsp3) is 0.784. The predicted octanol–water partition coefficient (Wildman–Crippen LogP) is 7.61. The van der Waals surface area contributed by atoms with Crippen molar-refractivity contribution in [3.63, 3.8) is 0 Å². The van der Waals surface area contributed by atoms with Gasteiger partial charge in [-0.1, -0.05) is 114 Å². The quantitative estimate of drug-likeness (QED) is 0.107. The van der Waals surface area contributed by atoms with E-state index in [9.17, 15) is 24.3 Å². The smallest absolute Gasteiger partial charge is 0.306 e. The Morgan fingerprint density at radius 1 is 1.00 bits per heavy atom. The minimum Gasteiger partial charge on any atom is -0.457 e. The Morgan fingerprint density at radius 2 is 1.64 bits per heavy atom. The second-order valence-corrected chi connectivity index (χ2v) is 15.8. The number of carbonyl (C=O) groups is 4. The van der Waals surface area contributed by atoms with Crippen LogP contribution in [0, 0.1) is 34.5 Å². The third-order valence-electron chi connectivity index (χ3n) is 11.8. The molecule has 9 atom stereocenters. The minimum absolute atomic E-state index is 0.0194. The molecular formula is C37H55BrO7. The zero-order chi connectivity index (χ0) is 33.0. The molecule has 7 nitrogen and oxygen atoms in total. The van der Waals surface area contributed by atoms with Crippen LogP contribution in [0.3, 0.4) is 0 Å². The number of unbranched alkanes of at least 4 members (excludes halogenated alkanes) is 8. The van der Waals surface area contributed by atoms with E-state index < -0.39 is 46.9 Å². The summed E-state index contributed by atoms with van der Waals surface area (Å²) in [4.78, 5) is 52.2. The lowest BCUT2D eigenvalue weighted by molar-refractivity contribution is -0.205. The molecule has 0 spiro atoms. The van der Waals surface area contributed by atoms with E-state index in [1.54, 1.807) is 19.1 Å². The summed E-state index contributed by atoms with van der Waals surface area (Å²) in [5.74, 6) is -1.87. The molecule has 252 valence electrons. The zero-order valence-electron chi connectivity index (χ0n) is 28.1. The van der Waals surface area contributed by atoms with Crippen LogP contribution in [0.15, 0.2) is 23.8 Å². The number of hydrogen-bond acceptors (Lipinski definition) is 7. The summed E-state index contributed by atoms with van der Waals surface area (Å²) in [7, 11) is 0. The van der Waals surface area contributed by atoms with Crippen LogP contribution in [-0.4, -0.2) is 51.8 Å². The normalized spacial score (nSPS) is 36.9. The molecule has 3 fully saturated rings. The topological polar surface area (TPSA) is 107 Å². The summed E-state index contributed by atoms with van der Waals surface area (Å²) in [6, 6.07) is 0. The van der Waals surface area contributed by atoms with E-state index in [0.29, 0.717) is 19.3 Å². The Balaban J connectivity index is 1.57. The number of ether oxygens (including phenoxy) is 2. The molecule has 45 heavy (non-hydrogen) atoms. The van der Waals surface area contributed by atoms with Crippen LogP contribution in [0.4, 0.5) is 0 Å². The van der Waals surface area contributed by atoms with Gasteiger partial charge in [0, 0.05) is 40.3 Å². The van der Waals surface area contributed by atoms with Crippen LogP contribution in [0.5, 0.6) is 0 Å². The van der Waals surface area contributed by atoms with Gasteiger partial charge in [-0.3, -0.25) is 19.2 Å². The van der Waals surface area contributed by atoms with Gasteiger partial charge in [0.05, 0.1) is 6.10 Å². The number of hydrogen-bond donors (Lipinski definition) is 1. The lowest BCUT2D eigenvalue weighted by atomic mass is 9.46. The number of alkyl halides is 1. The maximum atomic E-state index is 14.3. The van der Waals surface area contributed by atoms with Crippen molar-refractivity contribution in [2.45, 2.75) is 141 Å². The minimum atomic E-state index is -1.52. The number of ketones is 2. The molecule has 0 amide bonds. The summed E-state index contributed by atoms with van der Waals surface area (Å²) >= 11 is 3.95. The maximum absolute atomic E-state index is 14.3. The van der Waals surface area contributed by atoms with Crippen molar-refractivity contribution in [3.05, 3.63) is 23.8 Å². The van der Waals surface area contributed by atoms with Crippen molar-refractivity contribution in [1.29, 1.82) is 0 Å². The van der Waals surface area contributed by atoms with E-state index in [2.05, 4.69) is 29.8 Å². The first-order chi connectivity index (χ1) is 21.4. The highest BCUT2D eigenvalue weighted by atomic mass is 79.9. The molecule has 8 heteroatoms. The Kier molecular flexibility index (Phi) is 12.0. The number of carbonyl (C=O) groups excluding carboxylic acids is 4. The van der Waals surface area contributed by atoms with Crippen LogP contribution >= 0.6 is 15.9 Å². The predicted molar refractivity (Wildman–Crippen MR) is 178 cm³/mol. The number of fused-ring (bicyclic) bond motifs is 5. The standard InChI is InChI=1S/C37H55BrO7/c1-6-8-9-10-11-12-13-14-15-16-32(43)45-37(30(41)23-44-31(42)7-2)24(3)19-27-33-28(38)21-25-20-26(39)17-18-35(25,4)34(33)29(40)22-36(27,37)5/h17-18,20,24,27-29,33-34,40H,6-16,19,21-23H2,1-5H3/t24-,27+,28-,29+,33-,34+,35+,36+,37-/m1/s1. The van der Waals surface area contributed by atoms with Crippen LogP contribution in [0.25, 0.3) is 0 Å². The number of rotatable bonds is 15.